The summed E-state index contributed by atoms with van der Waals surface area (Å²) in [5.74, 6) is 0.317. The maximum absolute atomic E-state index is 12.0. The molecule has 1 unspecified atom stereocenters. The van der Waals surface area contributed by atoms with Crippen LogP contribution in [-0.2, 0) is 4.79 Å². The highest BCUT2D eigenvalue weighted by atomic mass is 35.5. The summed E-state index contributed by atoms with van der Waals surface area (Å²) in [4.78, 5) is 12.0. The SMILES string of the molecule is Cl.O=C(Nc1nncs1)C1CC12CCNCC2. The molecule has 7 heteroatoms. The second-order valence-electron chi connectivity index (χ2n) is 4.60. The van der Waals surface area contributed by atoms with E-state index in [1.807, 2.05) is 0 Å². The number of amides is 1. The Balaban J connectivity index is 0.00000108. The summed E-state index contributed by atoms with van der Waals surface area (Å²) in [6.45, 7) is 2.09. The second kappa shape index (κ2) is 4.88. The van der Waals surface area contributed by atoms with Crippen molar-refractivity contribution in [1.29, 1.82) is 0 Å². The molecule has 94 valence electrons. The van der Waals surface area contributed by atoms with Crippen LogP contribution in [0.1, 0.15) is 19.3 Å². The molecule has 1 aromatic heterocycles. The highest BCUT2D eigenvalue weighted by Gasteiger charge is 2.57. The fourth-order valence-electron chi connectivity index (χ4n) is 2.62. The number of hydrogen-bond acceptors (Lipinski definition) is 5. The first kappa shape index (κ1) is 12.7. The van der Waals surface area contributed by atoms with Crippen molar-refractivity contribution in [1.82, 2.24) is 15.5 Å². The topological polar surface area (TPSA) is 66.9 Å². The van der Waals surface area contributed by atoms with Crippen LogP contribution < -0.4 is 10.6 Å². The maximum Gasteiger partial charge on any atom is 0.229 e. The number of hydrogen-bond donors (Lipinski definition) is 2. The van der Waals surface area contributed by atoms with Crippen LogP contribution in [0.25, 0.3) is 0 Å². The van der Waals surface area contributed by atoms with Gasteiger partial charge in [0.15, 0.2) is 0 Å². The van der Waals surface area contributed by atoms with Crippen molar-refractivity contribution in [2.24, 2.45) is 11.3 Å². The molecule has 3 rings (SSSR count). The quantitative estimate of drug-likeness (QED) is 0.853. The maximum atomic E-state index is 12.0. The van der Waals surface area contributed by atoms with Crippen molar-refractivity contribution in [2.45, 2.75) is 19.3 Å². The van der Waals surface area contributed by atoms with Crippen LogP contribution in [0.3, 0.4) is 0 Å². The van der Waals surface area contributed by atoms with Gasteiger partial charge in [0.2, 0.25) is 11.0 Å². The first-order valence-electron chi connectivity index (χ1n) is 5.58. The average Bonchev–Trinajstić information content (AvgIpc) is 2.76. The van der Waals surface area contributed by atoms with Crippen LogP contribution in [0.15, 0.2) is 5.51 Å². The van der Waals surface area contributed by atoms with E-state index in [-0.39, 0.29) is 24.2 Å². The molecule has 1 saturated carbocycles. The normalized spacial score (nSPS) is 25.1. The second-order valence-corrected chi connectivity index (χ2v) is 5.44. The predicted molar refractivity (Wildman–Crippen MR) is 68.4 cm³/mol. The lowest BCUT2D eigenvalue weighted by Crippen LogP contribution is -2.31. The number of nitrogens with zero attached hydrogens (tertiary/aromatic N) is 2. The highest BCUT2D eigenvalue weighted by Crippen LogP contribution is 2.58. The Bertz CT molecular complexity index is 391. The minimum absolute atomic E-state index is 0. The van der Waals surface area contributed by atoms with Crippen molar-refractivity contribution in [2.75, 3.05) is 18.4 Å². The van der Waals surface area contributed by atoms with E-state index in [0.717, 1.165) is 32.4 Å². The number of nitrogens with one attached hydrogen (secondary N) is 2. The van der Waals surface area contributed by atoms with Crippen molar-refractivity contribution in [3.05, 3.63) is 5.51 Å². The van der Waals surface area contributed by atoms with E-state index >= 15 is 0 Å². The first-order valence-corrected chi connectivity index (χ1v) is 6.46. The van der Waals surface area contributed by atoms with Crippen LogP contribution in [0.4, 0.5) is 5.13 Å². The molecule has 1 aliphatic heterocycles. The Morgan fingerprint density at radius 1 is 1.53 bits per heavy atom. The molecule has 0 aromatic carbocycles. The molecule has 1 saturated heterocycles. The van der Waals surface area contributed by atoms with E-state index in [1.54, 1.807) is 5.51 Å². The molecule has 1 aliphatic carbocycles. The molecule has 1 aromatic rings. The Kier molecular flexibility index (Phi) is 3.65. The van der Waals surface area contributed by atoms with Gasteiger partial charge in [-0.25, -0.2) is 0 Å². The van der Waals surface area contributed by atoms with Crippen LogP contribution in [0.5, 0.6) is 0 Å². The Labute approximate surface area is 110 Å². The summed E-state index contributed by atoms with van der Waals surface area (Å²) in [7, 11) is 0. The third-order valence-corrected chi connectivity index (χ3v) is 4.30. The van der Waals surface area contributed by atoms with Gasteiger partial charge in [0.05, 0.1) is 0 Å². The van der Waals surface area contributed by atoms with E-state index in [9.17, 15) is 4.79 Å². The minimum atomic E-state index is 0. The van der Waals surface area contributed by atoms with Crippen LogP contribution >= 0.6 is 23.7 Å². The zero-order valence-electron chi connectivity index (χ0n) is 9.31. The van der Waals surface area contributed by atoms with Gasteiger partial charge in [0, 0.05) is 5.92 Å². The zero-order valence-corrected chi connectivity index (χ0v) is 10.9. The van der Waals surface area contributed by atoms with Gasteiger partial charge in [0.25, 0.3) is 0 Å². The van der Waals surface area contributed by atoms with Crippen LogP contribution in [0, 0.1) is 11.3 Å². The molecule has 1 atom stereocenters. The molecule has 2 N–H and O–H groups in total. The molecule has 1 spiro atoms. The van der Waals surface area contributed by atoms with Crippen molar-refractivity contribution >= 4 is 34.8 Å². The van der Waals surface area contributed by atoms with E-state index in [0.29, 0.717) is 10.5 Å². The predicted octanol–water partition coefficient (Wildman–Crippen LogP) is 1.29. The van der Waals surface area contributed by atoms with Crippen LogP contribution in [-0.4, -0.2) is 29.2 Å². The molecule has 2 aliphatic rings. The summed E-state index contributed by atoms with van der Waals surface area (Å²) < 4.78 is 0. The zero-order chi connectivity index (χ0) is 11.0. The molecular formula is C10H15ClN4OS. The first-order chi connectivity index (χ1) is 7.80. The van der Waals surface area contributed by atoms with Gasteiger partial charge in [-0.15, -0.1) is 22.6 Å². The number of piperidine rings is 1. The third-order valence-electron chi connectivity index (χ3n) is 3.70. The molecule has 2 heterocycles. The van der Waals surface area contributed by atoms with E-state index < -0.39 is 0 Å². The summed E-state index contributed by atoms with van der Waals surface area (Å²) in [6.07, 6.45) is 3.29. The Morgan fingerprint density at radius 2 is 2.29 bits per heavy atom. The third kappa shape index (κ3) is 2.43. The van der Waals surface area contributed by atoms with E-state index in [2.05, 4.69) is 20.8 Å². The number of carbonyl (C=O) groups excluding carboxylic acids is 1. The van der Waals surface area contributed by atoms with Gasteiger partial charge in [-0.3, -0.25) is 4.79 Å². The summed E-state index contributed by atoms with van der Waals surface area (Å²) in [5, 5.41) is 14.3. The monoisotopic (exact) mass is 274 g/mol. The summed E-state index contributed by atoms with van der Waals surface area (Å²) in [6, 6.07) is 0. The minimum Gasteiger partial charge on any atom is -0.317 e. The van der Waals surface area contributed by atoms with E-state index in [4.69, 9.17) is 0 Å². The van der Waals surface area contributed by atoms with Crippen molar-refractivity contribution in [3.8, 4) is 0 Å². The molecule has 0 bridgehead atoms. The van der Waals surface area contributed by atoms with Gasteiger partial charge in [-0.05, 0) is 37.8 Å². The van der Waals surface area contributed by atoms with E-state index in [1.165, 1.54) is 11.3 Å². The highest BCUT2D eigenvalue weighted by molar-refractivity contribution is 7.13. The lowest BCUT2D eigenvalue weighted by Gasteiger charge is -2.22. The van der Waals surface area contributed by atoms with Crippen molar-refractivity contribution in [3.63, 3.8) is 0 Å². The van der Waals surface area contributed by atoms with Gasteiger partial charge in [0.1, 0.15) is 5.51 Å². The van der Waals surface area contributed by atoms with Gasteiger partial charge in [-0.2, -0.15) is 0 Å². The molecule has 2 fully saturated rings. The molecule has 0 radical (unpaired) electrons. The number of rotatable bonds is 2. The lowest BCUT2D eigenvalue weighted by molar-refractivity contribution is -0.118. The van der Waals surface area contributed by atoms with Crippen molar-refractivity contribution < 1.29 is 4.79 Å². The smallest absolute Gasteiger partial charge is 0.229 e. The average molecular weight is 275 g/mol. The van der Waals surface area contributed by atoms with Gasteiger partial charge < -0.3 is 10.6 Å². The van der Waals surface area contributed by atoms with Crippen LogP contribution in [0.2, 0.25) is 0 Å². The number of halogens is 1. The number of aromatic nitrogens is 2. The standard InChI is InChI=1S/C10H14N4OS.ClH/c15-8(13-9-14-12-6-16-9)7-5-10(7)1-3-11-4-2-10;/h6-7,11H,1-5H2,(H,13,14,15);1H. The lowest BCUT2D eigenvalue weighted by atomic mass is 9.92. The fourth-order valence-corrected chi connectivity index (χ4v) is 3.06. The molecule has 5 nitrogen and oxygen atoms in total. The largest absolute Gasteiger partial charge is 0.317 e. The fraction of sp³-hybridized carbons (Fsp3) is 0.700. The number of carbonyl (C=O) groups is 1. The number of anilines is 1. The molecule has 1 amide bonds. The molecular weight excluding hydrogens is 260 g/mol. The summed E-state index contributed by atoms with van der Waals surface area (Å²) >= 11 is 1.37. The molecule has 17 heavy (non-hydrogen) atoms. The van der Waals surface area contributed by atoms with Gasteiger partial charge >= 0.3 is 0 Å². The Morgan fingerprint density at radius 3 is 2.94 bits per heavy atom. The van der Waals surface area contributed by atoms with Gasteiger partial charge in [-0.1, -0.05) is 11.3 Å². The summed E-state index contributed by atoms with van der Waals surface area (Å²) in [5.41, 5.74) is 1.92. The Hall–Kier alpha value is -0.720.